The molecule has 8 nitrogen and oxygen atoms in total. The Morgan fingerprint density at radius 3 is 2.68 bits per heavy atom. The number of hydrogen-bond acceptors (Lipinski definition) is 6. The van der Waals surface area contributed by atoms with Gasteiger partial charge in [-0.25, -0.2) is 19.3 Å². The van der Waals surface area contributed by atoms with E-state index in [1.54, 1.807) is 18.3 Å². The molecule has 3 aromatic rings. The monoisotopic (exact) mass is 528 g/mol. The Morgan fingerprint density at radius 2 is 1.97 bits per heavy atom. The van der Waals surface area contributed by atoms with Crippen molar-refractivity contribution in [1.29, 1.82) is 0 Å². The maximum absolute atomic E-state index is 13.4. The smallest absolute Gasteiger partial charge is 0.296 e. The van der Waals surface area contributed by atoms with Crippen molar-refractivity contribution in [2.45, 2.75) is 45.2 Å². The summed E-state index contributed by atoms with van der Waals surface area (Å²) in [5.41, 5.74) is 4.26. The van der Waals surface area contributed by atoms with E-state index in [4.69, 9.17) is 9.57 Å². The topological polar surface area (TPSA) is 80.1 Å². The third-order valence-electron chi connectivity index (χ3n) is 6.57. The standard InChI is InChI=1S/C27H37FN4O4Si/c1-30(11-12-33)17-21-18-31(16-20-5-7-22(28)8-6-20)24-15-29-26-23(25(21)24)9-10-32(27(26)34)36-19-35-13-14-37(2,3)4/h5-8,15,18,33H,9-14,16-17,19H2,1-4H3. The van der Waals surface area contributed by atoms with Crippen LogP contribution < -0.4 is 0 Å². The van der Waals surface area contributed by atoms with Crippen LogP contribution in [0.25, 0.3) is 10.9 Å². The fourth-order valence-electron chi connectivity index (χ4n) is 4.54. The van der Waals surface area contributed by atoms with Crippen LogP contribution in [0.5, 0.6) is 0 Å². The molecule has 0 bridgehead atoms. The zero-order valence-electron chi connectivity index (χ0n) is 22.2. The van der Waals surface area contributed by atoms with Gasteiger partial charge in [0.2, 0.25) is 0 Å². The van der Waals surface area contributed by atoms with E-state index in [-0.39, 0.29) is 25.1 Å². The van der Waals surface area contributed by atoms with Crippen molar-refractivity contribution in [3.63, 3.8) is 0 Å². The molecule has 37 heavy (non-hydrogen) atoms. The van der Waals surface area contributed by atoms with E-state index in [0.29, 0.717) is 44.9 Å². The highest BCUT2D eigenvalue weighted by Crippen LogP contribution is 2.31. The number of pyridine rings is 1. The summed E-state index contributed by atoms with van der Waals surface area (Å²) >= 11 is 0. The quantitative estimate of drug-likeness (QED) is 0.218. The summed E-state index contributed by atoms with van der Waals surface area (Å²) < 4.78 is 21.1. The molecule has 4 rings (SSSR count). The second-order valence-corrected chi connectivity index (χ2v) is 16.5. The highest BCUT2D eigenvalue weighted by atomic mass is 28.3. The number of benzene rings is 1. The number of halogens is 1. The van der Waals surface area contributed by atoms with Gasteiger partial charge in [-0.15, -0.1) is 0 Å². The van der Waals surface area contributed by atoms with Crippen LogP contribution in [-0.4, -0.2) is 78.7 Å². The number of hydroxylamine groups is 2. The molecule has 2 aromatic heterocycles. The van der Waals surface area contributed by atoms with Crippen molar-refractivity contribution in [2.24, 2.45) is 0 Å². The SMILES string of the molecule is CN(CCO)Cc1cn(Cc2ccc(F)cc2)c2cnc3c(c12)CCN(OCOCC[Si](C)(C)C)C3=O. The molecular formula is C27H37FN4O4Si. The van der Waals surface area contributed by atoms with Gasteiger partial charge in [0.15, 0.2) is 6.79 Å². The van der Waals surface area contributed by atoms with Crippen molar-refractivity contribution in [2.75, 3.05) is 40.1 Å². The van der Waals surface area contributed by atoms with E-state index in [0.717, 1.165) is 33.6 Å². The van der Waals surface area contributed by atoms with Crippen LogP contribution in [0.4, 0.5) is 4.39 Å². The number of nitrogens with zero attached hydrogens (tertiary/aromatic N) is 4. The zero-order chi connectivity index (χ0) is 26.6. The van der Waals surface area contributed by atoms with Crippen LogP contribution in [0.3, 0.4) is 0 Å². The van der Waals surface area contributed by atoms with Gasteiger partial charge in [0, 0.05) is 45.9 Å². The number of amides is 1. The van der Waals surface area contributed by atoms with Crippen molar-refractivity contribution in [3.05, 3.63) is 64.9 Å². The van der Waals surface area contributed by atoms with Crippen LogP contribution >= 0.6 is 0 Å². The summed E-state index contributed by atoms with van der Waals surface area (Å²) in [7, 11) is 0.765. The summed E-state index contributed by atoms with van der Waals surface area (Å²) in [6.45, 7) is 9.72. The first kappa shape index (κ1) is 27.4. The number of carbonyl (C=O) groups is 1. The molecule has 1 aromatic carbocycles. The Kier molecular flexibility index (Phi) is 8.76. The maximum atomic E-state index is 13.4. The number of fused-ring (bicyclic) bond motifs is 3. The molecule has 0 unspecified atom stereocenters. The lowest BCUT2D eigenvalue weighted by molar-refractivity contribution is -0.195. The Balaban J connectivity index is 1.58. The number of rotatable bonds is 12. The average Bonchev–Trinajstić information content (AvgIpc) is 3.18. The molecule has 1 N–H and O–H groups in total. The van der Waals surface area contributed by atoms with E-state index >= 15 is 0 Å². The maximum Gasteiger partial charge on any atom is 0.296 e. The van der Waals surface area contributed by atoms with Crippen LogP contribution in [0, 0.1) is 5.82 Å². The number of carbonyl (C=O) groups excluding carboxylic acids is 1. The van der Waals surface area contributed by atoms with Crippen LogP contribution in [0.2, 0.25) is 25.7 Å². The Labute approximate surface area is 218 Å². The fourth-order valence-corrected chi connectivity index (χ4v) is 5.30. The van der Waals surface area contributed by atoms with E-state index in [1.807, 2.05) is 11.9 Å². The molecule has 0 spiro atoms. The molecule has 200 valence electrons. The second-order valence-electron chi connectivity index (χ2n) is 10.8. The van der Waals surface area contributed by atoms with Gasteiger partial charge in [-0.05, 0) is 48.3 Å². The fraction of sp³-hybridized carbons (Fsp3) is 0.481. The summed E-state index contributed by atoms with van der Waals surface area (Å²) in [4.78, 5) is 25.5. The summed E-state index contributed by atoms with van der Waals surface area (Å²) in [6, 6.07) is 7.50. The number of ether oxygens (including phenoxy) is 1. The first-order valence-corrected chi connectivity index (χ1v) is 16.4. The van der Waals surface area contributed by atoms with Crippen LogP contribution in [-0.2, 0) is 29.1 Å². The van der Waals surface area contributed by atoms with E-state index in [2.05, 4.69) is 35.4 Å². The van der Waals surface area contributed by atoms with Gasteiger partial charge >= 0.3 is 0 Å². The molecule has 0 atom stereocenters. The lowest BCUT2D eigenvalue weighted by atomic mass is 9.99. The predicted octanol–water partition coefficient (Wildman–Crippen LogP) is 3.89. The van der Waals surface area contributed by atoms with Gasteiger partial charge in [-0.3, -0.25) is 9.69 Å². The number of likely N-dealkylation sites (N-methyl/N-ethyl adjacent to an activating group) is 1. The lowest BCUT2D eigenvalue weighted by Crippen LogP contribution is -2.39. The second kappa shape index (κ2) is 11.8. The van der Waals surface area contributed by atoms with Gasteiger partial charge in [-0.1, -0.05) is 31.8 Å². The summed E-state index contributed by atoms with van der Waals surface area (Å²) in [5, 5.41) is 11.8. The molecule has 0 fully saturated rings. The van der Waals surface area contributed by atoms with Gasteiger partial charge in [-0.2, -0.15) is 0 Å². The first-order valence-electron chi connectivity index (χ1n) is 12.7. The molecule has 3 heterocycles. The van der Waals surface area contributed by atoms with Gasteiger partial charge in [0.05, 0.1) is 24.9 Å². The Hall–Kier alpha value is -2.63. The minimum Gasteiger partial charge on any atom is -0.395 e. The van der Waals surface area contributed by atoms with Crippen LogP contribution in [0.1, 0.15) is 27.2 Å². The molecule has 0 aliphatic carbocycles. The summed E-state index contributed by atoms with van der Waals surface area (Å²) in [6.07, 6.45) is 4.42. The third-order valence-corrected chi connectivity index (χ3v) is 8.28. The zero-order valence-corrected chi connectivity index (χ0v) is 23.2. The van der Waals surface area contributed by atoms with Gasteiger partial charge in [0.25, 0.3) is 5.91 Å². The molecular weight excluding hydrogens is 491 g/mol. The molecule has 10 heteroatoms. The van der Waals surface area contributed by atoms with Crippen LogP contribution in [0.15, 0.2) is 36.7 Å². The predicted molar refractivity (Wildman–Crippen MR) is 143 cm³/mol. The lowest BCUT2D eigenvalue weighted by Gasteiger charge is -2.27. The minimum absolute atomic E-state index is 0.0407. The minimum atomic E-state index is -1.19. The molecule has 0 saturated carbocycles. The number of aliphatic hydroxyl groups excluding tert-OH is 1. The van der Waals surface area contributed by atoms with Crippen molar-refractivity contribution >= 4 is 24.9 Å². The van der Waals surface area contributed by atoms with Gasteiger partial charge < -0.3 is 14.4 Å². The third kappa shape index (κ3) is 6.82. The van der Waals surface area contributed by atoms with E-state index < -0.39 is 8.07 Å². The average molecular weight is 529 g/mol. The molecule has 1 amide bonds. The van der Waals surface area contributed by atoms with Gasteiger partial charge in [0.1, 0.15) is 11.5 Å². The molecule has 0 radical (unpaired) electrons. The molecule has 1 aliphatic rings. The molecule has 1 aliphatic heterocycles. The highest BCUT2D eigenvalue weighted by Gasteiger charge is 2.30. The molecule has 0 saturated heterocycles. The van der Waals surface area contributed by atoms with Crippen molar-refractivity contribution in [3.8, 4) is 0 Å². The normalized spacial score (nSPS) is 14.1. The van der Waals surface area contributed by atoms with E-state index in [9.17, 15) is 14.3 Å². The highest BCUT2D eigenvalue weighted by molar-refractivity contribution is 6.76. The van der Waals surface area contributed by atoms with Crippen molar-refractivity contribution < 1.29 is 23.9 Å². The van der Waals surface area contributed by atoms with Crippen molar-refractivity contribution in [1.82, 2.24) is 19.5 Å². The number of aromatic nitrogens is 2. The summed E-state index contributed by atoms with van der Waals surface area (Å²) in [5.74, 6) is -0.534. The number of hydrogen-bond donors (Lipinski definition) is 1. The largest absolute Gasteiger partial charge is 0.395 e. The first-order chi connectivity index (χ1) is 17.7. The Bertz CT molecular complexity index is 1230. The Morgan fingerprint density at radius 1 is 1.22 bits per heavy atom. The van der Waals surface area contributed by atoms with E-state index in [1.165, 1.54) is 17.2 Å². The number of aliphatic hydroxyl groups is 1.